The summed E-state index contributed by atoms with van der Waals surface area (Å²) < 4.78 is 25.6. The SMILES string of the molecule is CC(C)CCN1C[C@H]2c3nc(NCc4ccccn4)ncc3CS(=O)(=O)[C@H]2C1. The molecule has 2 aliphatic rings. The highest BCUT2D eigenvalue weighted by atomic mass is 32.2. The Labute approximate surface area is 166 Å². The van der Waals surface area contributed by atoms with E-state index in [4.69, 9.17) is 4.98 Å². The van der Waals surface area contributed by atoms with Crippen LogP contribution in [0.5, 0.6) is 0 Å². The molecule has 0 aromatic carbocycles. The van der Waals surface area contributed by atoms with Crippen LogP contribution >= 0.6 is 0 Å². The van der Waals surface area contributed by atoms with Crippen LogP contribution in [0.25, 0.3) is 0 Å². The van der Waals surface area contributed by atoms with E-state index in [1.54, 1.807) is 12.4 Å². The van der Waals surface area contributed by atoms with Gasteiger partial charge < -0.3 is 10.2 Å². The number of anilines is 1. The van der Waals surface area contributed by atoms with Crippen LogP contribution in [0, 0.1) is 5.92 Å². The van der Waals surface area contributed by atoms with Gasteiger partial charge in [-0.3, -0.25) is 4.98 Å². The molecule has 0 amide bonds. The van der Waals surface area contributed by atoms with Gasteiger partial charge in [-0.15, -0.1) is 0 Å². The highest BCUT2D eigenvalue weighted by Gasteiger charge is 2.47. The van der Waals surface area contributed by atoms with E-state index < -0.39 is 9.84 Å². The zero-order valence-corrected chi connectivity index (χ0v) is 17.2. The Hall–Kier alpha value is -2.06. The van der Waals surface area contributed by atoms with E-state index in [1.165, 1.54) is 0 Å². The predicted octanol–water partition coefficient (Wildman–Crippen LogP) is 2.23. The Morgan fingerprint density at radius 1 is 1.25 bits per heavy atom. The summed E-state index contributed by atoms with van der Waals surface area (Å²) >= 11 is 0. The lowest BCUT2D eigenvalue weighted by atomic mass is 10.00. The molecule has 2 aromatic heterocycles. The Kier molecular flexibility index (Phi) is 5.33. The lowest BCUT2D eigenvalue weighted by molar-refractivity contribution is 0.310. The third-order valence-electron chi connectivity index (χ3n) is 5.59. The molecule has 1 saturated heterocycles. The average Bonchev–Trinajstić information content (AvgIpc) is 3.11. The summed E-state index contributed by atoms with van der Waals surface area (Å²) in [6.45, 7) is 7.22. The first-order valence-corrected chi connectivity index (χ1v) is 11.6. The molecule has 2 aromatic rings. The third kappa shape index (κ3) is 4.03. The summed E-state index contributed by atoms with van der Waals surface area (Å²) in [6.07, 6.45) is 4.51. The molecule has 28 heavy (non-hydrogen) atoms. The maximum atomic E-state index is 12.8. The second-order valence-corrected chi connectivity index (χ2v) is 10.4. The smallest absolute Gasteiger partial charge is 0.223 e. The van der Waals surface area contributed by atoms with Gasteiger partial charge in [-0.25, -0.2) is 18.4 Å². The first-order chi connectivity index (χ1) is 13.4. The number of likely N-dealkylation sites (tertiary alicyclic amines) is 1. The first kappa shape index (κ1) is 19.3. The van der Waals surface area contributed by atoms with Gasteiger partial charge >= 0.3 is 0 Å². The van der Waals surface area contributed by atoms with E-state index >= 15 is 0 Å². The molecule has 0 saturated carbocycles. The van der Waals surface area contributed by atoms with Crippen LogP contribution in [-0.4, -0.2) is 53.2 Å². The van der Waals surface area contributed by atoms with Crippen molar-refractivity contribution in [3.63, 3.8) is 0 Å². The number of nitrogens with zero attached hydrogens (tertiary/aromatic N) is 4. The van der Waals surface area contributed by atoms with Gasteiger partial charge in [-0.2, -0.15) is 0 Å². The number of nitrogens with one attached hydrogen (secondary N) is 1. The monoisotopic (exact) mass is 401 g/mol. The van der Waals surface area contributed by atoms with Crippen molar-refractivity contribution in [3.8, 4) is 0 Å². The topological polar surface area (TPSA) is 88.1 Å². The molecule has 0 unspecified atom stereocenters. The first-order valence-electron chi connectivity index (χ1n) is 9.86. The highest BCUT2D eigenvalue weighted by Crippen LogP contribution is 2.39. The molecule has 0 aliphatic carbocycles. The molecule has 150 valence electrons. The summed E-state index contributed by atoms with van der Waals surface area (Å²) in [5.74, 6) is 1.11. The number of pyridine rings is 1. The number of fused-ring (bicyclic) bond motifs is 3. The minimum atomic E-state index is -3.17. The van der Waals surface area contributed by atoms with Gasteiger partial charge in [0, 0.05) is 37.0 Å². The van der Waals surface area contributed by atoms with Crippen LogP contribution in [0.15, 0.2) is 30.6 Å². The molecule has 0 spiro atoms. The van der Waals surface area contributed by atoms with Gasteiger partial charge in [0.25, 0.3) is 0 Å². The fraction of sp³-hybridized carbons (Fsp3) is 0.550. The summed E-state index contributed by atoms with van der Waals surface area (Å²) in [5, 5.41) is 2.86. The molecule has 7 nitrogen and oxygen atoms in total. The molecule has 8 heteroatoms. The number of hydrogen-bond acceptors (Lipinski definition) is 7. The van der Waals surface area contributed by atoms with Gasteiger partial charge in [-0.05, 0) is 31.0 Å². The molecule has 0 radical (unpaired) electrons. The van der Waals surface area contributed by atoms with E-state index in [9.17, 15) is 8.42 Å². The van der Waals surface area contributed by atoms with E-state index in [0.29, 0.717) is 25.0 Å². The van der Waals surface area contributed by atoms with Crippen LogP contribution in [0.2, 0.25) is 0 Å². The lowest BCUT2D eigenvalue weighted by Crippen LogP contribution is -2.35. The van der Waals surface area contributed by atoms with Crippen LogP contribution in [0.1, 0.15) is 43.1 Å². The zero-order chi connectivity index (χ0) is 19.7. The van der Waals surface area contributed by atoms with Crippen molar-refractivity contribution in [2.45, 2.75) is 43.7 Å². The molecular formula is C20H27N5O2S. The van der Waals surface area contributed by atoms with E-state index in [2.05, 4.69) is 34.0 Å². The van der Waals surface area contributed by atoms with Crippen molar-refractivity contribution in [2.24, 2.45) is 5.92 Å². The highest BCUT2D eigenvalue weighted by molar-refractivity contribution is 7.91. The molecular weight excluding hydrogens is 374 g/mol. The Bertz CT molecular complexity index is 933. The summed E-state index contributed by atoms with van der Waals surface area (Å²) in [7, 11) is -3.17. The molecule has 4 rings (SSSR count). The summed E-state index contributed by atoms with van der Waals surface area (Å²) in [5.41, 5.74) is 2.55. The number of aromatic nitrogens is 3. The molecule has 2 atom stereocenters. The maximum Gasteiger partial charge on any atom is 0.223 e. The van der Waals surface area contributed by atoms with Gasteiger partial charge in [0.15, 0.2) is 9.84 Å². The Morgan fingerprint density at radius 3 is 2.86 bits per heavy atom. The van der Waals surface area contributed by atoms with Crippen molar-refractivity contribution in [2.75, 3.05) is 25.0 Å². The van der Waals surface area contributed by atoms with Crippen LogP contribution in [0.3, 0.4) is 0 Å². The van der Waals surface area contributed by atoms with Crippen molar-refractivity contribution in [1.82, 2.24) is 19.9 Å². The number of rotatable bonds is 6. The van der Waals surface area contributed by atoms with E-state index in [-0.39, 0.29) is 16.9 Å². The van der Waals surface area contributed by atoms with Gasteiger partial charge in [0.1, 0.15) is 0 Å². The largest absolute Gasteiger partial charge is 0.349 e. The average molecular weight is 402 g/mol. The van der Waals surface area contributed by atoms with Crippen molar-refractivity contribution in [3.05, 3.63) is 47.5 Å². The van der Waals surface area contributed by atoms with E-state index in [1.807, 2.05) is 18.2 Å². The standard InChI is InChI=1S/C20H27N5O2S/c1-14(2)6-8-25-11-17-18(12-25)28(26,27)13-15-9-22-20(24-19(15)17)23-10-16-5-3-4-7-21-16/h3-5,7,9,14,17-18H,6,8,10-13H2,1-2H3,(H,22,23,24)/t17-,18+/m1/s1. The summed E-state index contributed by atoms with van der Waals surface area (Å²) in [4.78, 5) is 15.6. The maximum absolute atomic E-state index is 12.8. The van der Waals surface area contributed by atoms with Gasteiger partial charge in [0.05, 0.1) is 28.9 Å². The van der Waals surface area contributed by atoms with Crippen molar-refractivity contribution < 1.29 is 8.42 Å². The second-order valence-electron chi connectivity index (χ2n) is 8.17. The quantitative estimate of drug-likeness (QED) is 0.794. The van der Waals surface area contributed by atoms with Gasteiger partial charge in [-0.1, -0.05) is 19.9 Å². The van der Waals surface area contributed by atoms with Crippen LogP contribution < -0.4 is 5.32 Å². The molecule has 1 N–H and O–H groups in total. The van der Waals surface area contributed by atoms with Crippen LogP contribution in [0.4, 0.5) is 5.95 Å². The van der Waals surface area contributed by atoms with Crippen molar-refractivity contribution in [1.29, 1.82) is 0 Å². The minimum Gasteiger partial charge on any atom is -0.349 e. The fourth-order valence-corrected chi connectivity index (χ4v) is 6.06. The predicted molar refractivity (Wildman–Crippen MR) is 109 cm³/mol. The molecule has 2 aliphatic heterocycles. The van der Waals surface area contributed by atoms with E-state index in [0.717, 1.165) is 36.5 Å². The zero-order valence-electron chi connectivity index (χ0n) is 16.4. The van der Waals surface area contributed by atoms with Crippen molar-refractivity contribution >= 4 is 15.8 Å². The molecule has 0 bridgehead atoms. The van der Waals surface area contributed by atoms with Gasteiger partial charge in [0.2, 0.25) is 5.95 Å². The normalized spacial score (nSPS) is 23.4. The molecule has 1 fully saturated rings. The minimum absolute atomic E-state index is 0.0437. The molecule has 4 heterocycles. The summed E-state index contributed by atoms with van der Waals surface area (Å²) in [6, 6.07) is 5.76. The number of sulfone groups is 1. The third-order valence-corrected chi connectivity index (χ3v) is 7.70. The second kappa shape index (κ2) is 7.75. The van der Waals surface area contributed by atoms with Crippen LogP contribution in [-0.2, 0) is 22.1 Å². The Balaban J connectivity index is 1.54. The fourth-order valence-electron chi connectivity index (χ4n) is 4.04. The Morgan fingerprint density at radius 2 is 2.11 bits per heavy atom. The lowest BCUT2D eigenvalue weighted by Gasteiger charge is -2.26. The number of hydrogen-bond donors (Lipinski definition) is 1.